The molecular weight excluding hydrogens is 406 g/mol. The molecule has 1 aromatic carbocycles. The summed E-state index contributed by atoms with van der Waals surface area (Å²) in [7, 11) is 3.20. The van der Waals surface area contributed by atoms with Crippen LogP contribution in [0.1, 0.15) is 22.4 Å². The third kappa shape index (κ3) is 5.07. The highest BCUT2D eigenvalue weighted by atomic mass is 32.1. The van der Waals surface area contributed by atoms with E-state index in [2.05, 4.69) is 0 Å². The maximum Gasteiger partial charge on any atom is 0.339 e. The van der Waals surface area contributed by atoms with E-state index in [1.165, 1.54) is 12.0 Å². The largest absolute Gasteiger partial charge is 0.497 e. The van der Waals surface area contributed by atoms with Gasteiger partial charge in [0.05, 0.1) is 13.7 Å². The number of amides is 1. The van der Waals surface area contributed by atoms with Crippen LogP contribution in [0.2, 0.25) is 0 Å². The van der Waals surface area contributed by atoms with E-state index in [9.17, 15) is 14.4 Å². The summed E-state index contributed by atoms with van der Waals surface area (Å²) in [6.45, 7) is 1.96. The molecule has 1 amide bonds. The second-order valence-corrected chi connectivity index (χ2v) is 7.88. The second kappa shape index (κ2) is 9.58. The number of fused-ring (bicyclic) bond motifs is 1. The van der Waals surface area contributed by atoms with Gasteiger partial charge < -0.3 is 18.8 Å². The number of carbonyl (C=O) groups excluding carboxylic acids is 2. The summed E-state index contributed by atoms with van der Waals surface area (Å²) in [4.78, 5) is 39.1. The number of carbonyl (C=O) groups is 2. The van der Waals surface area contributed by atoms with E-state index >= 15 is 0 Å². The van der Waals surface area contributed by atoms with E-state index in [-0.39, 0.29) is 25.4 Å². The van der Waals surface area contributed by atoms with Crippen molar-refractivity contribution in [3.63, 3.8) is 0 Å². The lowest BCUT2D eigenvalue weighted by Gasteiger charge is -2.16. The molecule has 3 rings (SSSR count). The predicted molar refractivity (Wildman–Crippen MR) is 114 cm³/mol. The zero-order chi connectivity index (χ0) is 21.7. The van der Waals surface area contributed by atoms with Gasteiger partial charge in [-0.05, 0) is 42.5 Å². The van der Waals surface area contributed by atoms with Crippen LogP contribution < -0.4 is 10.4 Å². The Hall–Kier alpha value is -3.13. The van der Waals surface area contributed by atoms with E-state index in [1.54, 1.807) is 30.5 Å². The molecule has 3 aromatic rings. The summed E-state index contributed by atoms with van der Waals surface area (Å²) in [5.74, 6) is -0.233. The Balaban J connectivity index is 1.57. The molecule has 0 unspecified atom stereocenters. The van der Waals surface area contributed by atoms with Crippen LogP contribution in [-0.4, -0.2) is 37.5 Å². The van der Waals surface area contributed by atoms with Crippen molar-refractivity contribution in [2.24, 2.45) is 0 Å². The fraction of sp³-hybridized carbons (Fsp3) is 0.318. The molecule has 158 valence electrons. The molecule has 0 aliphatic rings. The summed E-state index contributed by atoms with van der Waals surface area (Å²) >= 11 is 1.56. The number of aryl methyl sites for hydroxylation is 1. The molecule has 0 atom stereocenters. The molecule has 0 bridgehead atoms. The topological polar surface area (TPSA) is 86.0 Å². The minimum Gasteiger partial charge on any atom is -0.497 e. The molecule has 8 heteroatoms. The first-order chi connectivity index (χ1) is 14.4. The summed E-state index contributed by atoms with van der Waals surface area (Å²) in [6.07, 6.45) is 0.156. The van der Waals surface area contributed by atoms with E-state index in [0.717, 1.165) is 15.8 Å². The van der Waals surface area contributed by atoms with Gasteiger partial charge in [0, 0.05) is 35.4 Å². The number of esters is 1. The normalized spacial score (nSPS) is 10.8. The number of rotatable bonds is 8. The van der Waals surface area contributed by atoms with Crippen LogP contribution in [0.25, 0.3) is 11.0 Å². The molecule has 0 radical (unpaired) electrons. The highest BCUT2D eigenvalue weighted by molar-refractivity contribution is 7.09. The predicted octanol–water partition coefficient (Wildman–Crippen LogP) is 3.31. The van der Waals surface area contributed by atoms with Gasteiger partial charge >= 0.3 is 11.6 Å². The Morgan fingerprint density at radius 3 is 2.73 bits per heavy atom. The van der Waals surface area contributed by atoms with E-state index in [0.29, 0.717) is 23.4 Å². The van der Waals surface area contributed by atoms with Crippen molar-refractivity contribution >= 4 is 34.2 Å². The van der Waals surface area contributed by atoms with Gasteiger partial charge in [-0.15, -0.1) is 11.3 Å². The summed E-state index contributed by atoms with van der Waals surface area (Å²) < 4.78 is 15.6. The lowest BCUT2D eigenvalue weighted by molar-refractivity contribution is -0.151. The van der Waals surface area contributed by atoms with Crippen LogP contribution >= 0.6 is 11.3 Å². The quantitative estimate of drug-likeness (QED) is 0.403. The first kappa shape index (κ1) is 21.6. The zero-order valence-electron chi connectivity index (χ0n) is 17.1. The van der Waals surface area contributed by atoms with Crippen molar-refractivity contribution in [2.75, 3.05) is 20.8 Å². The minimum absolute atomic E-state index is 0.0187. The first-order valence-electron chi connectivity index (χ1n) is 9.41. The standard InChI is InChI=1S/C22H23NO6S/c1-14-17-7-6-15(27-3)11-19(17)29-22(26)18(14)8-9-21(25)28-13-20(24)23(2)12-16-5-4-10-30-16/h4-7,10-11H,8-9,12-13H2,1-3H3. The van der Waals surface area contributed by atoms with Gasteiger partial charge in [-0.3, -0.25) is 9.59 Å². The molecule has 0 saturated carbocycles. The Kier molecular flexibility index (Phi) is 6.89. The lowest BCUT2D eigenvalue weighted by atomic mass is 10.0. The minimum atomic E-state index is -0.540. The third-order valence-corrected chi connectivity index (χ3v) is 5.69. The van der Waals surface area contributed by atoms with Gasteiger partial charge in [-0.25, -0.2) is 4.79 Å². The Labute approximate surface area is 177 Å². The van der Waals surface area contributed by atoms with Gasteiger partial charge in [-0.2, -0.15) is 0 Å². The molecule has 30 heavy (non-hydrogen) atoms. The smallest absolute Gasteiger partial charge is 0.339 e. The lowest BCUT2D eigenvalue weighted by Crippen LogP contribution is -2.30. The third-order valence-electron chi connectivity index (χ3n) is 4.83. The maximum atomic E-state index is 12.4. The summed E-state index contributed by atoms with van der Waals surface area (Å²) in [6, 6.07) is 9.11. The molecular formula is C22H23NO6S. The SMILES string of the molecule is COc1ccc2c(C)c(CCC(=O)OCC(=O)N(C)Cc3cccs3)c(=O)oc2c1. The zero-order valence-corrected chi connectivity index (χ0v) is 17.9. The molecule has 0 saturated heterocycles. The fourth-order valence-corrected chi connectivity index (χ4v) is 3.82. The molecule has 0 aliphatic carbocycles. The molecule has 2 heterocycles. The van der Waals surface area contributed by atoms with Crippen molar-refractivity contribution in [3.05, 3.63) is 62.1 Å². The van der Waals surface area contributed by atoms with Crippen molar-refractivity contribution in [1.29, 1.82) is 0 Å². The highest BCUT2D eigenvalue weighted by Gasteiger charge is 2.16. The van der Waals surface area contributed by atoms with E-state index in [4.69, 9.17) is 13.9 Å². The monoisotopic (exact) mass is 429 g/mol. The number of hydrogen-bond donors (Lipinski definition) is 0. The number of ether oxygens (including phenoxy) is 2. The number of methoxy groups -OCH3 is 1. The van der Waals surface area contributed by atoms with Crippen LogP contribution in [0.15, 0.2) is 44.9 Å². The van der Waals surface area contributed by atoms with Crippen LogP contribution in [0.3, 0.4) is 0 Å². The van der Waals surface area contributed by atoms with Crippen molar-refractivity contribution in [3.8, 4) is 5.75 Å². The van der Waals surface area contributed by atoms with Crippen LogP contribution in [0.5, 0.6) is 5.75 Å². The molecule has 0 fully saturated rings. The van der Waals surface area contributed by atoms with Crippen molar-refractivity contribution < 1.29 is 23.5 Å². The maximum absolute atomic E-state index is 12.4. The van der Waals surface area contributed by atoms with E-state index in [1.807, 2.05) is 30.5 Å². The van der Waals surface area contributed by atoms with Crippen LogP contribution in [0, 0.1) is 6.92 Å². The molecule has 7 nitrogen and oxygen atoms in total. The van der Waals surface area contributed by atoms with Crippen LogP contribution in [0.4, 0.5) is 0 Å². The molecule has 0 spiro atoms. The van der Waals surface area contributed by atoms with Gasteiger partial charge in [-0.1, -0.05) is 6.07 Å². The molecule has 0 N–H and O–H groups in total. The first-order valence-corrected chi connectivity index (χ1v) is 10.3. The summed E-state index contributed by atoms with van der Waals surface area (Å²) in [5, 5.41) is 2.72. The average molecular weight is 429 g/mol. The number of nitrogens with zero attached hydrogens (tertiary/aromatic N) is 1. The number of likely N-dealkylation sites (N-methyl/N-ethyl adjacent to an activating group) is 1. The Morgan fingerprint density at radius 1 is 1.23 bits per heavy atom. The number of hydrogen-bond acceptors (Lipinski definition) is 7. The fourth-order valence-electron chi connectivity index (χ4n) is 3.07. The molecule has 0 aliphatic heterocycles. The van der Waals surface area contributed by atoms with Crippen LogP contribution in [-0.2, 0) is 27.3 Å². The average Bonchev–Trinajstić information content (AvgIpc) is 3.24. The number of benzene rings is 1. The number of thiophene rings is 1. The van der Waals surface area contributed by atoms with E-state index < -0.39 is 11.6 Å². The van der Waals surface area contributed by atoms with Gasteiger partial charge in [0.25, 0.3) is 5.91 Å². The van der Waals surface area contributed by atoms with Gasteiger partial charge in [0.15, 0.2) is 6.61 Å². The molecule has 2 aromatic heterocycles. The Bertz CT molecular complexity index is 1100. The van der Waals surface area contributed by atoms with Gasteiger partial charge in [0.2, 0.25) is 0 Å². The second-order valence-electron chi connectivity index (χ2n) is 6.85. The Morgan fingerprint density at radius 2 is 2.03 bits per heavy atom. The highest BCUT2D eigenvalue weighted by Crippen LogP contribution is 2.24. The van der Waals surface area contributed by atoms with Crippen molar-refractivity contribution in [2.45, 2.75) is 26.3 Å². The van der Waals surface area contributed by atoms with Crippen molar-refractivity contribution in [1.82, 2.24) is 4.90 Å². The van der Waals surface area contributed by atoms with Gasteiger partial charge in [0.1, 0.15) is 11.3 Å². The summed E-state index contributed by atoms with van der Waals surface area (Å²) in [5.41, 5.74) is 1.12.